The summed E-state index contributed by atoms with van der Waals surface area (Å²) in [6.07, 6.45) is 1.09. The molecule has 0 unspecified atom stereocenters. The third-order valence-corrected chi connectivity index (χ3v) is 2.87. The van der Waals surface area contributed by atoms with Crippen LogP contribution in [0.25, 0.3) is 0 Å². The van der Waals surface area contributed by atoms with Gasteiger partial charge in [0.25, 0.3) is 0 Å². The minimum absolute atomic E-state index is 0.398. The Balaban J connectivity index is 3.58. The lowest BCUT2D eigenvalue weighted by Crippen LogP contribution is -2.33. The fourth-order valence-electron chi connectivity index (χ4n) is 0.916. The molecular weight excluding hydrogens is 158 g/mol. The van der Waals surface area contributed by atoms with Crippen LogP contribution < -0.4 is 5.32 Å². The Hall–Kier alpha value is -0.300. The van der Waals surface area contributed by atoms with Crippen LogP contribution in [0.5, 0.6) is 0 Å². The van der Waals surface area contributed by atoms with Crippen molar-refractivity contribution in [1.29, 1.82) is 0 Å². The van der Waals surface area contributed by atoms with Gasteiger partial charge in [0.1, 0.15) is 0 Å². The first-order valence-corrected chi connectivity index (χ1v) is 5.21. The van der Waals surface area contributed by atoms with E-state index < -0.39 is 0 Å². The lowest BCUT2D eigenvalue weighted by molar-refractivity contribution is 0.239. The maximum absolute atomic E-state index is 3.88. The highest BCUT2D eigenvalue weighted by Crippen LogP contribution is 2.24. The Kier molecular flexibility index (Phi) is 5.31. The Morgan fingerprint density at radius 2 is 1.92 bits per heavy atom. The first-order valence-electron chi connectivity index (χ1n) is 5.21. The molecule has 1 heteroatoms. The summed E-state index contributed by atoms with van der Waals surface area (Å²) >= 11 is 0. The van der Waals surface area contributed by atoms with E-state index in [1.807, 2.05) is 0 Å². The summed E-state index contributed by atoms with van der Waals surface area (Å²) in [6.45, 7) is 17.3. The van der Waals surface area contributed by atoms with E-state index in [2.05, 4.69) is 46.5 Å². The maximum Gasteiger partial charge on any atom is 0.000509 e. The molecule has 0 aromatic rings. The van der Waals surface area contributed by atoms with Gasteiger partial charge in [0, 0.05) is 6.54 Å². The molecule has 0 aliphatic heterocycles. The summed E-state index contributed by atoms with van der Waals surface area (Å²) in [5.74, 6) is 0.727. The van der Waals surface area contributed by atoms with Crippen molar-refractivity contribution < 1.29 is 0 Å². The van der Waals surface area contributed by atoms with Crippen LogP contribution in [0.1, 0.15) is 41.0 Å². The molecule has 0 saturated heterocycles. The van der Waals surface area contributed by atoms with Crippen molar-refractivity contribution in [2.45, 2.75) is 41.0 Å². The second kappa shape index (κ2) is 5.43. The average molecular weight is 183 g/mol. The van der Waals surface area contributed by atoms with Crippen LogP contribution in [-0.2, 0) is 0 Å². The Bertz CT molecular complexity index is 157. The third kappa shape index (κ3) is 5.87. The zero-order valence-corrected chi connectivity index (χ0v) is 9.91. The molecule has 13 heavy (non-hydrogen) atoms. The SMILES string of the molecule is C=C(C)CCNCC(C)(C)C(C)C. The van der Waals surface area contributed by atoms with E-state index in [0.717, 1.165) is 25.4 Å². The van der Waals surface area contributed by atoms with Gasteiger partial charge >= 0.3 is 0 Å². The van der Waals surface area contributed by atoms with E-state index in [1.165, 1.54) is 5.57 Å². The van der Waals surface area contributed by atoms with Crippen LogP contribution in [0, 0.1) is 11.3 Å². The van der Waals surface area contributed by atoms with Crippen molar-refractivity contribution in [2.24, 2.45) is 11.3 Å². The highest BCUT2D eigenvalue weighted by molar-refractivity contribution is 4.88. The van der Waals surface area contributed by atoms with Crippen molar-refractivity contribution >= 4 is 0 Å². The highest BCUT2D eigenvalue weighted by Gasteiger charge is 2.21. The van der Waals surface area contributed by atoms with Gasteiger partial charge < -0.3 is 5.32 Å². The fraction of sp³-hybridized carbons (Fsp3) is 0.833. The predicted octanol–water partition coefficient (Wildman–Crippen LogP) is 3.22. The van der Waals surface area contributed by atoms with Gasteiger partial charge in [-0.05, 0) is 31.2 Å². The molecule has 0 rings (SSSR count). The Morgan fingerprint density at radius 1 is 1.38 bits per heavy atom. The molecule has 0 radical (unpaired) electrons. The first kappa shape index (κ1) is 12.7. The van der Waals surface area contributed by atoms with Gasteiger partial charge in [0.05, 0.1) is 0 Å². The number of rotatable bonds is 6. The quantitative estimate of drug-likeness (QED) is 0.492. The monoisotopic (exact) mass is 183 g/mol. The van der Waals surface area contributed by atoms with Gasteiger partial charge in [0.2, 0.25) is 0 Å². The van der Waals surface area contributed by atoms with Gasteiger partial charge in [-0.1, -0.05) is 33.3 Å². The van der Waals surface area contributed by atoms with Crippen molar-refractivity contribution in [3.8, 4) is 0 Å². The third-order valence-electron chi connectivity index (χ3n) is 2.87. The van der Waals surface area contributed by atoms with Gasteiger partial charge in [-0.15, -0.1) is 6.58 Å². The van der Waals surface area contributed by atoms with E-state index in [9.17, 15) is 0 Å². The van der Waals surface area contributed by atoms with E-state index in [1.54, 1.807) is 0 Å². The highest BCUT2D eigenvalue weighted by atomic mass is 14.9. The molecule has 0 spiro atoms. The second-order valence-corrected chi connectivity index (χ2v) is 5.03. The summed E-state index contributed by atoms with van der Waals surface area (Å²) in [5.41, 5.74) is 1.66. The fourth-order valence-corrected chi connectivity index (χ4v) is 0.916. The molecule has 0 aromatic heterocycles. The van der Waals surface area contributed by atoms with Crippen LogP contribution in [-0.4, -0.2) is 13.1 Å². The van der Waals surface area contributed by atoms with Gasteiger partial charge in [-0.2, -0.15) is 0 Å². The van der Waals surface area contributed by atoms with Crippen molar-refractivity contribution in [3.05, 3.63) is 12.2 Å². The number of hydrogen-bond acceptors (Lipinski definition) is 1. The molecule has 1 N–H and O–H groups in total. The van der Waals surface area contributed by atoms with Crippen molar-refractivity contribution in [3.63, 3.8) is 0 Å². The minimum Gasteiger partial charge on any atom is -0.316 e. The topological polar surface area (TPSA) is 12.0 Å². The van der Waals surface area contributed by atoms with Crippen molar-refractivity contribution in [2.75, 3.05) is 13.1 Å². The van der Waals surface area contributed by atoms with Gasteiger partial charge in [-0.3, -0.25) is 0 Å². The van der Waals surface area contributed by atoms with Gasteiger partial charge in [0.15, 0.2) is 0 Å². The van der Waals surface area contributed by atoms with E-state index in [4.69, 9.17) is 0 Å². The summed E-state index contributed by atoms with van der Waals surface area (Å²) in [5, 5.41) is 3.48. The summed E-state index contributed by atoms with van der Waals surface area (Å²) in [6, 6.07) is 0. The summed E-state index contributed by atoms with van der Waals surface area (Å²) < 4.78 is 0. The van der Waals surface area contributed by atoms with Crippen LogP contribution in [0.15, 0.2) is 12.2 Å². The standard InChI is InChI=1S/C12H25N/c1-10(2)7-8-13-9-12(5,6)11(3)4/h11,13H,1,7-9H2,2-6H3. The molecule has 0 saturated carbocycles. The number of hydrogen-bond donors (Lipinski definition) is 1. The van der Waals surface area contributed by atoms with E-state index in [-0.39, 0.29) is 0 Å². The van der Waals surface area contributed by atoms with E-state index in [0.29, 0.717) is 5.41 Å². The van der Waals surface area contributed by atoms with Crippen LogP contribution in [0.3, 0.4) is 0 Å². The second-order valence-electron chi connectivity index (χ2n) is 5.03. The minimum atomic E-state index is 0.398. The Labute approximate surface area is 83.6 Å². The largest absolute Gasteiger partial charge is 0.316 e. The van der Waals surface area contributed by atoms with Crippen molar-refractivity contribution in [1.82, 2.24) is 5.32 Å². The zero-order chi connectivity index (χ0) is 10.5. The number of nitrogens with one attached hydrogen (secondary N) is 1. The molecule has 0 aromatic carbocycles. The smallest absolute Gasteiger partial charge is 0.000509 e. The zero-order valence-electron chi connectivity index (χ0n) is 9.91. The normalized spacial score (nSPS) is 12.2. The lowest BCUT2D eigenvalue weighted by atomic mass is 9.81. The molecule has 0 aliphatic carbocycles. The van der Waals surface area contributed by atoms with Crippen LogP contribution in [0.4, 0.5) is 0 Å². The average Bonchev–Trinajstić information content (AvgIpc) is 1.97. The molecule has 0 heterocycles. The van der Waals surface area contributed by atoms with Crippen LogP contribution >= 0.6 is 0 Å². The molecule has 0 atom stereocenters. The van der Waals surface area contributed by atoms with E-state index >= 15 is 0 Å². The molecule has 0 amide bonds. The molecule has 78 valence electrons. The first-order chi connectivity index (χ1) is 5.86. The maximum atomic E-state index is 3.88. The molecule has 0 fully saturated rings. The predicted molar refractivity (Wildman–Crippen MR) is 60.9 cm³/mol. The summed E-state index contributed by atoms with van der Waals surface area (Å²) in [7, 11) is 0. The Morgan fingerprint density at radius 3 is 2.31 bits per heavy atom. The summed E-state index contributed by atoms with van der Waals surface area (Å²) in [4.78, 5) is 0. The lowest BCUT2D eigenvalue weighted by Gasteiger charge is -2.29. The molecule has 1 nitrogen and oxygen atoms in total. The molecular formula is C12H25N. The molecule has 0 aliphatic rings. The van der Waals surface area contributed by atoms with Crippen LogP contribution in [0.2, 0.25) is 0 Å². The molecule has 0 bridgehead atoms. The van der Waals surface area contributed by atoms with Gasteiger partial charge in [-0.25, -0.2) is 0 Å².